The lowest BCUT2D eigenvalue weighted by Gasteiger charge is -2.12. The van der Waals surface area contributed by atoms with Crippen LogP contribution in [0, 0.1) is 0 Å². The van der Waals surface area contributed by atoms with E-state index in [2.05, 4.69) is 41.9 Å². The van der Waals surface area contributed by atoms with Crippen LogP contribution in [0.5, 0.6) is 11.5 Å². The van der Waals surface area contributed by atoms with Gasteiger partial charge in [0.25, 0.3) is 0 Å². The number of benzene rings is 3. The molecule has 0 aliphatic carbocycles. The minimum atomic E-state index is -0.407. The molecule has 0 N–H and O–H groups in total. The van der Waals surface area contributed by atoms with E-state index in [1.807, 2.05) is 42.5 Å². The second-order valence-corrected chi connectivity index (χ2v) is 7.85. The topological polar surface area (TPSA) is 35.5 Å². The third kappa shape index (κ3) is 5.94. The van der Waals surface area contributed by atoms with Crippen molar-refractivity contribution in [1.29, 1.82) is 0 Å². The van der Waals surface area contributed by atoms with Crippen LogP contribution in [0.3, 0.4) is 0 Å². The molecule has 0 fully saturated rings. The SMILES string of the molecule is CCC(C)c1ccc(OC(=O)c2cccc(OCCc3ccccc3)c2)c(Br)c1. The smallest absolute Gasteiger partial charge is 0.343 e. The van der Waals surface area contributed by atoms with E-state index in [9.17, 15) is 4.79 Å². The van der Waals surface area contributed by atoms with Crippen molar-refractivity contribution < 1.29 is 14.3 Å². The third-order valence-electron chi connectivity index (χ3n) is 4.91. The van der Waals surface area contributed by atoms with Crippen molar-refractivity contribution >= 4 is 21.9 Å². The van der Waals surface area contributed by atoms with Gasteiger partial charge in [-0.1, -0.05) is 56.3 Å². The number of carbonyl (C=O) groups excluding carboxylic acids is 1. The quantitative estimate of drug-likeness (QED) is 0.278. The highest BCUT2D eigenvalue weighted by Gasteiger charge is 2.13. The molecule has 0 saturated carbocycles. The first kappa shape index (κ1) is 21.1. The van der Waals surface area contributed by atoms with Crippen LogP contribution >= 0.6 is 15.9 Å². The summed E-state index contributed by atoms with van der Waals surface area (Å²) in [5.41, 5.74) is 2.89. The maximum absolute atomic E-state index is 12.6. The zero-order valence-corrected chi connectivity index (χ0v) is 18.3. The second kappa shape index (κ2) is 10.3. The lowest BCUT2D eigenvalue weighted by atomic mass is 9.99. The molecule has 3 nitrogen and oxygen atoms in total. The average Bonchev–Trinajstić information content (AvgIpc) is 2.75. The molecule has 3 aromatic rings. The van der Waals surface area contributed by atoms with Gasteiger partial charge in [-0.3, -0.25) is 0 Å². The predicted molar refractivity (Wildman–Crippen MR) is 120 cm³/mol. The third-order valence-corrected chi connectivity index (χ3v) is 5.53. The van der Waals surface area contributed by atoms with Gasteiger partial charge in [-0.25, -0.2) is 4.79 Å². The van der Waals surface area contributed by atoms with Gasteiger partial charge in [0.2, 0.25) is 0 Å². The van der Waals surface area contributed by atoms with E-state index in [4.69, 9.17) is 9.47 Å². The van der Waals surface area contributed by atoms with E-state index in [0.29, 0.717) is 29.6 Å². The van der Waals surface area contributed by atoms with Crippen LogP contribution in [0.25, 0.3) is 0 Å². The normalized spacial score (nSPS) is 11.7. The summed E-state index contributed by atoms with van der Waals surface area (Å²) in [5.74, 6) is 1.22. The van der Waals surface area contributed by atoms with Crippen LogP contribution in [0.4, 0.5) is 0 Å². The number of rotatable bonds is 8. The van der Waals surface area contributed by atoms with E-state index in [1.54, 1.807) is 18.2 Å². The van der Waals surface area contributed by atoms with Crippen LogP contribution in [0.1, 0.15) is 47.7 Å². The van der Waals surface area contributed by atoms with Gasteiger partial charge in [-0.05, 0) is 69.7 Å². The molecule has 1 unspecified atom stereocenters. The van der Waals surface area contributed by atoms with Crippen molar-refractivity contribution in [2.45, 2.75) is 32.6 Å². The maximum atomic E-state index is 12.6. The Bertz CT molecular complexity index is 953. The van der Waals surface area contributed by atoms with E-state index in [1.165, 1.54) is 11.1 Å². The Morgan fingerprint density at radius 3 is 2.52 bits per heavy atom. The van der Waals surface area contributed by atoms with E-state index < -0.39 is 5.97 Å². The number of ether oxygens (including phenoxy) is 2. The summed E-state index contributed by atoms with van der Waals surface area (Å²) in [6.07, 6.45) is 1.87. The Hall–Kier alpha value is -2.59. The molecule has 0 radical (unpaired) electrons. The van der Waals surface area contributed by atoms with Gasteiger partial charge < -0.3 is 9.47 Å². The number of halogens is 1. The maximum Gasteiger partial charge on any atom is 0.343 e. The molecular formula is C25H25BrO3. The molecule has 0 aliphatic rings. The highest BCUT2D eigenvalue weighted by molar-refractivity contribution is 9.10. The number of esters is 1. The number of carbonyl (C=O) groups is 1. The van der Waals surface area contributed by atoms with Crippen LogP contribution < -0.4 is 9.47 Å². The van der Waals surface area contributed by atoms with E-state index in [0.717, 1.165) is 17.3 Å². The molecule has 0 aromatic heterocycles. The molecule has 0 saturated heterocycles. The molecule has 3 aromatic carbocycles. The predicted octanol–water partition coefficient (Wildman–Crippen LogP) is 6.80. The van der Waals surface area contributed by atoms with E-state index >= 15 is 0 Å². The van der Waals surface area contributed by atoms with Gasteiger partial charge in [0.15, 0.2) is 0 Å². The Labute approximate surface area is 180 Å². The zero-order valence-electron chi connectivity index (χ0n) is 16.7. The van der Waals surface area contributed by atoms with Gasteiger partial charge in [0, 0.05) is 6.42 Å². The minimum Gasteiger partial charge on any atom is -0.493 e. The molecule has 29 heavy (non-hydrogen) atoms. The average molecular weight is 453 g/mol. The van der Waals surface area contributed by atoms with Crippen molar-refractivity contribution in [3.05, 3.63) is 94.0 Å². The van der Waals surface area contributed by atoms with Gasteiger partial charge in [-0.15, -0.1) is 0 Å². The molecule has 0 aliphatic heterocycles. The molecule has 0 bridgehead atoms. The van der Waals surface area contributed by atoms with Crippen LogP contribution in [0.15, 0.2) is 77.3 Å². The van der Waals surface area contributed by atoms with Crippen LogP contribution in [0.2, 0.25) is 0 Å². The van der Waals surface area contributed by atoms with Crippen molar-refractivity contribution in [1.82, 2.24) is 0 Å². The summed E-state index contributed by atoms with van der Waals surface area (Å²) < 4.78 is 12.2. The van der Waals surface area contributed by atoms with Crippen LogP contribution in [-0.2, 0) is 6.42 Å². The first-order chi connectivity index (χ1) is 14.1. The van der Waals surface area contributed by atoms with Crippen molar-refractivity contribution in [3.63, 3.8) is 0 Å². The Morgan fingerprint density at radius 1 is 1.00 bits per heavy atom. The standard InChI is InChI=1S/C25H25BrO3/c1-3-18(2)20-12-13-24(23(26)17-20)29-25(27)21-10-7-11-22(16-21)28-15-14-19-8-5-4-6-9-19/h4-13,16-18H,3,14-15H2,1-2H3. The lowest BCUT2D eigenvalue weighted by Crippen LogP contribution is -2.09. The van der Waals surface area contributed by atoms with Crippen molar-refractivity contribution in [3.8, 4) is 11.5 Å². The fraction of sp³-hybridized carbons (Fsp3) is 0.240. The van der Waals surface area contributed by atoms with Gasteiger partial charge in [0.1, 0.15) is 11.5 Å². The summed E-state index contributed by atoms with van der Waals surface area (Å²) in [6, 6.07) is 23.1. The second-order valence-electron chi connectivity index (χ2n) is 7.00. The molecule has 3 rings (SSSR count). The number of hydrogen-bond acceptors (Lipinski definition) is 3. The summed E-state index contributed by atoms with van der Waals surface area (Å²) in [4.78, 5) is 12.6. The summed E-state index contributed by atoms with van der Waals surface area (Å²) in [5, 5.41) is 0. The summed E-state index contributed by atoms with van der Waals surface area (Å²) in [7, 11) is 0. The Balaban J connectivity index is 1.62. The van der Waals surface area contributed by atoms with E-state index in [-0.39, 0.29) is 0 Å². The summed E-state index contributed by atoms with van der Waals surface area (Å²) in [6.45, 7) is 4.88. The molecule has 0 spiro atoms. The fourth-order valence-corrected chi connectivity index (χ4v) is 3.42. The molecule has 0 amide bonds. The molecule has 4 heteroatoms. The van der Waals surface area contributed by atoms with Gasteiger partial charge in [-0.2, -0.15) is 0 Å². The monoisotopic (exact) mass is 452 g/mol. The molecule has 0 heterocycles. The molecule has 1 atom stereocenters. The fourth-order valence-electron chi connectivity index (χ4n) is 2.95. The zero-order chi connectivity index (χ0) is 20.6. The molecule has 150 valence electrons. The minimum absolute atomic E-state index is 0.407. The Kier molecular flexibility index (Phi) is 7.48. The van der Waals surface area contributed by atoms with Crippen molar-refractivity contribution in [2.75, 3.05) is 6.61 Å². The number of hydrogen-bond donors (Lipinski definition) is 0. The Morgan fingerprint density at radius 2 is 1.79 bits per heavy atom. The first-order valence-electron chi connectivity index (χ1n) is 9.85. The lowest BCUT2D eigenvalue weighted by molar-refractivity contribution is 0.0733. The highest BCUT2D eigenvalue weighted by Crippen LogP contribution is 2.30. The largest absolute Gasteiger partial charge is 0.493 e. The highest BCUT2D eigenvalue weighted by atomic mass is 79.9. The first-order valence-corrected chi connectivity index (χ1v) is 10.6. The van der Waals surface area contributed by atoms with Crippen molar-refractivity contribution in [2.24, 2.45) is 0 Å². The molecular weight excluding hydrogens is 428 g/mol. The van der Waals surface area contributed by atoms with Crippen LogP contribution in [-0.4, -0.2) is 12.6 Å². The summed E-state index contributed by atoms with van der Waals surface area (Å²) >= 11 is 3.51. The van der Waals surface area contributed by atoms with Gasteiger partial charge in [0.05, 0.1) is 16.6 Å². The van der Waals surface area contributed by atoms with Gasteiger partial charge >= 0.3 is 5.97 Å².